The van der Waals surface area contributed by atoms with Gasteiger partial charge in [-0.2, -0.15) is 0 Å². The van der Waals surface area contributed by atoms with Crippen molar-refractivity contribution in [3.05, 3.63) is 67.6 Å². The van der Waals surface area contributed by atoms with E-state index in [-0.39, 0.29) is 5.91 Å². The zero-order valence-corrected chi connectivity index (χ0v) is 14.4. The third-order valence-electron chi connectivity index (χ3n) is 3.53. The fourth-order valence-electron chi connectivity index (χ4n) is 2.41. The van der Waals surface area contributed by atoms with E-state index in [1.165, 1.54) is 11.1 Å². The maximum absolute atomic E-state index is 12.2. The molecule has 1 amide bonds. The smallest absolute Gasteiger partial charge is 0.252 e. The van der Waals surface area contributed by atoms with Gasteiger partial charge in [-0.05, 0) is 50.8 Å². The monoisotopic (exact) mass is 408 g/mol. The first-order valence-electron chi connectivity index (χ1n) is 6.68. The van der Waals surface area contributed by atoms with E-state index in [9.17, 15) is 4.79 Å². The molecular formula is C16H14Br2N2O. The first-order valence-corrected chi connectivity index (χ1v) is 8.27. The lowest BCUT2D eigenvalue weighted by Crippen LogP contribution is -2.23. The first-order chi connectivity index (χ1) is 10.1. The standard InChI is InChI=1S/C16H14Br2N2O/c17-13-3-4-14(15(18)6-13)16(21)20-7-10-1-2-11-8-19-9-12(11)5-10/h1-6,19H,7-9H2,(H,20,21). The number of halogens is 2. The van der Waals surface area contributed by atoms with Crippen LogP contribution in [0.2, 0.25) is 0 Å². The van der Waals surface area contributed by atoms with E-state index in [2.05, 4.69) is 60.7 Å². The molecule has 0 saturated carbocycles. The molecule has 0 unspecified atom stereocenters. The van der Waals surface area contributed by atoms with E-state index in [1.54, 1.807) is 6.07 Å². The van der Waals surface area contributed by atoms with Gasteiger partial charge < -0.3 is 10.6 Å². The average molecular weight is 410 g/mol. The molecule has 2 aromatic rings. The van der Waals surface area contributed by atoms with Crippen molar-refractivity contribution >= 4 is 37.8 Å². The van der Waals surface area contributed by atoms with Crippen molar-refractivity contribution in [2.24, 2.45) is 0 Å². The van der Waals surface area contributed by atoms with Crippen LogP contribution in [0.25, 0.3) is 0 Å². The predicted molar refractivity (Wildman–Crippen MR) is 90.0 cm³/mol. The summed E-state index contributed by atoms with van der Waals surface area (Å²) in [5.74, 6) is -0.0759. The van der Waals surface area contributed by atoms with Crippen LogP contribution in [0.5, 0.6) is 0 Å². The molecule has 1 aliphatic heterocycles. The van der Waals surface area contributed by atoms with E-state index in [0.29, 0.717) is 12.1 Å². The fraction of sp³-hybridized carbons (Fsp3) is 0.188. The second-order valence-electron chi connectivity index (χ2n) is 5.01. The summed E-state index contributed by atoms with van der Waals surface area (Å²) in [6.07, 6.45) is 0. The summed E-state index contributed by atoms with van der Waals surface area (Å²) >= 11 is 6.80. The largest absolute Gasteiger partial charge is 0.348 e. The van der Waals surface area contributed by atoms with Gasteiger partial charge in [-0.3, -0.25) is 4.79 Å². The van der Waals surface area contributed by atoms with E-state index in [0.717, 1.165) is 27.6 Å². The highest BCUT2D eigenvalue weighted by atomic mass is 79.9. The summed E-state index contributed by atoms with van der Waals surface area (Å²) in [7, 11) is 0. The predicted octanol–water partition coefficient (Wildman–Crippen LogP) is 3.74. The first kappa shape index (κ1) is 14.8. The van der Waals surface area contributed by atoms with Crippen LogP contribution in [0.15, 0.2) is 45.3 Å². The van der Waals surface area contributed by atoms with Crippen molar-refractivity contribution in [2.45, 2.75) is 19.6 Å². The lowest BCUT2D eigenvalue weighted by atomic mass is 10.1. The van der Waals surface area contributed by atoms with Crippen LogP contribution < -0.4 is 10.6 Å². The van der Waals surface area contributed by atoms with Crippen LogP contribution >= 0.6 is 31.9 Å². The van der Waals surface area contributed by atoms with Gasteiger partial charge in [0.05, 0.1) is 5.56 Å². The Hall–Kier alpha value is -1.17. The van der Waals surface area contributed by atoms with Crippen molar-refractivity contribution in [1.82, 2.24) is 10.6 Å². The van der Waals surface area contributed by atoms with Crippen LogP contribution in [0.4, 0.5) is 0 Å². The molecule has 1 heterocycles. The molecule has 1 aliphatic rings. The van der Waals surface area contributed by atoms with Gasteiger partial charge in [0.25, 0.3) is 5.91 Å². The Morgan fingerprint density at radius 1 is 1.10 bits per heavy atom. The zero-order chi connectivity index (χ0) is 14.8. The number of hydrogen-bond donors (Lipinski definition) is 2. The van der Waals surface area contributed by atoms with Crippen LogP contribution in [0.3, 0.4) is 0 Å². The molecule has 0 aromatic heterocycles. The van der Waals surface area contributed by atoms with E-state index in [1.807, 2.05) is 12.1 Å². The van der Waals surface area contributed by atoms with Crippen molar-refractivity contribution in [1.29, 1.82) is 0 Å². The molecule has 2 aromatic carbocycles. The fourth-order valence-corrected chi connectivity index (χ4v) is 3.64. The number of amides is 1. The number of fused-ring (bicyclic) bond motifs is 1. The van der Waals surface area contributed by atoms with E-state index < -0.39 is 0 Å². The summed E-state index contributed by atoms with van der Waals surface area (Å²) in [4.78, 5) is 12.2. The topological polar surface area (TPSA) is 41.1 Å². The summed E-state index contributed by atoms with van der Waals surface area (Å²) in [6, 6.07) is 11.9. The lowest BCUT2D eigenvalue weighted by molar-refractivity contribution is 0.0950. The molecule has 0 bridgehead atoms. The van der Waals surface area contributed by atoms with E-state index >= 15 is 0 Å². The van der Waals surface area contributed by atoms with Crippen LogP contribution in [-0.2, 0) is 19.6 Å². The zero-order valence-electron chi connectivity index (χ0n) is 11.2. The van der Waals surface area contributed by atoms with Gasteiger partial charge in [0.2, 0.25) is 0 Å². The van der Waals surface area contributed by atoms with Crippen molar-refractivity contribution in [2.75, 3.05) is 0 Å². The molecule has 5 heteroatoms. The highest BCUT2D eigenvalue weighted by molar-refractivity contribution is 9.11. The molecule has 0 atom stereocenters. The summed E-state index contributed by atoms with van der Waals surface area (Å²) in [5, 5.41) is 6.28. The van der Waals surface area contributed by atoms with Crippen LogP contribution in [0.1, 0.15) is 27.0 Å². The van der Waals surface area contributed by atoms with Crippen molar-refractivity contribution in [3.63, 3.8) is 0 Å². The molecule has 3 nitrogen and oxygen atoms in total. The minimum absolute atomic E-state index is 0.0759. The maximum atomic E-state index is 12.2. The molecule has 0 saturated heterocycles. The van der Waals surface area contributed by atoms with Gasteiger partial charge >= 0.3 is 0 Å². The SMILES string of the molecule is O=C(NCc1ccc2c(c1)CNC2)c1ccc(Br)cc1Br. The van der Waals surface area contributed by atoms with Crippen molar-refractivity contribution < 1.29 is 4.79 Å². The quantitative estimate of drug-likeness (QED) is 0.810. The van der Waals surface area contributed by atoms with Gasteiger partial charge in [0.15, 0.2) is 0 Å². The minimum Gasteiger partial charge on any atom is -0.348 e. The molecule has 0 radical (unpaired) electrons. The average Bonchev–Trinajstić information content (AvgIpc) is 2.92. The molecule has 21 heavy (non-hydrogen) atoms. The summed E-state index contributed by atoms with van der Waals surface area (Å²) < 4.78 is 1.73. The van der Waals surface area contributed by atoms with Crippen LogP contribution in [0, 0.1) is 0 Å². The minimum atomic E-state index is -0.0759. The van der Waals surface area contributed by atoms with E-state index in [4.69, 9.17) is 0 Å². The Balaban J connectivity index is 1.68. The Bertz CT molecular complexity index is 701. The number of benzene rings is 2. The number of nitrogens with one attached hydrogen (secondary N) is 2. The second-order valence-corrected chi connectivity index (χ2v) is 6.78. The molecule has 108 valence electrons. The van der Waals surface area contributed by atoms with Gasteiger partial charge in [0, 0.05) is 28.6 Å². The molecule has 0 aliphatic carbocycles. The number of carbonyl (C=O) groups is 1. The van der Waals surface area contributed by atoms with Crippen LogP contribution in [-0.4, -0.2) is 5.91 Å². The molecule has 0 spiro atoms. The Labute approximate surface area is 140 Å². The normalized spacial score (nSPS) is 13.0. The molecule has 2 N–H and O–H groups in total. The van der Waals surface area contributed by atoms with Gasteiger partial charge in [-0.1, -0.05) is 34.1 Å². The highest BCUT2D eigenvalue weighted by Gasteiger charge is 2.12. The van der Waals surface area contributed by atoms with Crippen molar-refractivity contribution in [3.8, 4) is 0 Å². The number of rotatable bonds is 3. The van der Waals surface area contributed by atoms with Gasteiger partial charge in [0.1, 0.15) is 0 Å². The Morgan fingerprint density at radius 2 is 1.90 bits per heavy atom. The highest BCUT2D eigenvalue weighted by Crippen LogP contribution is 2.22. The third-order valence-corrected chi connectivity index (χ3v) is 4.68. The Morgan fingerprint density at radius 3 is 2.71 bits per heavy atom. The molecule has 0 fully saturated rings. The van der Waals surface area contributed by atoms with Gasteiger partial charge in [-0.25, -0.2) is 0 Å². The molecule has 3 rings (SSSR count). The maximum Gasteiger partial charge on any atom is 0.252 e. The number of carbonyl (C=O) groups excluding carboxylic acids is 1. The lowest BCUT2D eigenvalue weighted by Gasteiger charge is -2.08. The Kier molecular flexibility index (Phi) is 4.42. The summed E-state index contributed by atoms with van der Waals surface area (Å²) in [6.45, 7) is 2.39. The molecular weight excluding hydrogens is 396 g/mol. The number of hydrogen-bond acceptors (Lipinski definition) is 2. The second kappa shape index (κ2) is 6.30. The summed E-state index contributed by atoms with van der Waals surface area (Å²) in [5.41, 5.74) is 4.44. The third kappa shape index (κ3) is 3.36. The van der Waals surface area contributed by atoms with Gasteiger partial charge in [-0.15, -0.1) is 0 Å².